The number of benzene rings is 1. The first-order valence-electron chi connectivity index (χ1n) is 6.11. The van der Waals surface area contributed by atoms with E-state index < -0.39 is 24.0 Å². The van der Waals surface area contributed by atoms with Gasteiger partial charge < -0.3 is 26.4 Å². The number of aliphatic carboxylic acids is 1. The molecule has 20 heavy (non-hydrogen) atoms. The molecule has 0 radical (unpaired) electrons. The van der Waals surface area contributed by atoms with Gasteiger partial charge in [-0.3, -0.25) is 4.79 Å². The highest BCUT2D eigenvalue weighted by Crippen LogP contribution is 2.11. The number of phenolic OH excluding ortho intramolecular Hbond substituents is 1. The van der Waals surface area contributed by atoms with Crippen LogP contribution in [0.1, 0.15) is 12.0 Å². The van der Waals surface area contributed by atoms with Crippen LogP contribution in [0, 0.1) is 0 Å². The van der Waals surface area contributed by atoms with Crippen LogP contribution in [0.5, 0.6) is 5.75 Å². The van der Waals surface area contributed by atoms with Gasteiger partial charge in [0.25, 0.3) is 0 Å². The standard InChI is InChI=1S/C13H18N2O5/c14-10(7-8-1-3-9(17)4-2-8)12(18)15-11(5-6-16)13(19)20/h1-4,10-11,16-17H,5-7,14H2,(H,15,18)(H,19,20)/t10-,11-/m0/s1. The van der Waals surface area contributed by atoms with Crippen LogP contribution in [0.2, 0.25) is 0 Å². The first kappa shape index (κ1) is 15.9. The number of carbonyl (C=O) groups excluding carboxylic acids is 1. The van der Waals surface area contributed by atoms with Gasteiger partial charge in [0.05, 0.1) is 6.04 Å². The summed E-state index contributed by atoms with van der Waals surface area (Å²) in [6, 6.07) is 4.16. The van der Waals surface area contributed by atoms with Crippen molar-refractivity contribution in [1.29, 1.82) is 0 Å². The van der Waals surface area contributed by atoms with Crippen molar-refractivity contribution in [3.63, 3.8) is 0 Å². The zero-order valence-corrected chi connectivity index (χ0v) is 10.8. The minimum atomic E-state index is -1.22. The first-order valence-corrected chi connectivity index (χ1v) is 6.11. The largest absolute Gasteiger partial charge is 0.508 e. The Balaban J connectivity index is 2.57. The molecule has 7 nitrogen and oxygen atoms in total. The topological polar surface area (TPSA) is 133 Å². The molecule has 6 N–H and O–H groups in total. The first-order chi connectivity index (χ1) is 9.43. The van der Waals surface area contributed by atoms with E-state index >= 15 is 0 Å². The van der Waals surface area contributed by atoms with Crippen molar-refractivity contribution >= 4 is 11.9 Å². The molecule has 1 aromatic rings. The highest BCUT2D eigenvalue weighted by Gasteiger charge is 2.22. The molecule has 7 heteroatoms. The van der Waals surface area contributed by atoms with E-state index in [-0.39, 0.29) is 25.2 Å². The Labute approximate surface area is 116 Å². The van der Waals surface area contributed by atoms with E-state index in [0.717, 1.165) is 5.56 Å². The third kappa shape index (κ3) is 4.87. The van der Waals surface area contributed by atoms with Crippen molar-refractivity contribution in [3.8, 4) is 5.75 Å². The van der Waals surface area contributed by atoms with Crippen molar-refractivity contribution < 1.29 is 24.9 Å². The number of rotatable bonds is 7. The monoisotopic (exact) mass is 282 g/mol. The molecule has 110 valence electrons. The van der Waals surface area contributed by atoms with Crippen LogP contribution < -0.4 is 11.1 Å². The van der Waals surface area contributed by atoms with Crippen LogP contribution in [0.3, 0.4) is 0 Å². The molecular formula is C13H18N2O5. The Hall–Kier alpha value is -2.12. The lowest BCUT2D eigenvalue weighted by atomic mass is 10.1. The highest BCUT2D eigenvalue weighted by atomic mass is 16.4. The molecule has 2 atom stereocenters. The molecule has 0 spiro atoms. The molecule has 0 bridgehead atoms. The van der Waals surface area contributed by atoms with E-state index in [1.807, 2.05) is 0 Å². The predicted molar refractivity (Wildman–Crippen MR) is 71.1 cm³/mol. The lowest BCUT2D eigenvalue weighted by molar-refractivity contribution is -0.142. The van der Waals surface area contributed by atoms with Crippen LogP contribution in [0.4, 0.5) is 0 Å². The Morgan fingerprint density at radius 1 is 1.25 bits per heavy atom. The summed E-state index contributed by atoms with van der Waals surface area (Å²) >= 11 is 0. The molecule has 0 unspecified atom stereocenters. The maximum absolute atomic E-state index is 11.8. The Morgan fingerprint density at radius 2 is 1.85 bits per heavy atom. The third-order valence-electron chi connectivity index (χ3n) is 2.76. The number of hydrogen-bond donors (Lipinski definition) is 5. The summed E-state index contributed by atoms with van der Waals surface area (Å²) in [5, 5.41) is 29.0. The molecule has 0 fully saturated rings. The van der Waals surface area contributed by atoms with Crippen molar-refractivity contribution in [1.82, 2.24) is 5.32 Å². The average molecular weight is 282 g/mol. The van der Waals surface area contributed by atoms with Crippen molar-refractivity contribution in [3.05, 3.63) is 29.8 Å². The third-order valence-corrected chi connectivity index (χ3v) is 2.76. The zero-order valence-electron chi connectivity index (χ0n) is 10.8. The minimum absolute atomic E-state index is 0.0764. The summed E-state index contributed by atoms with van der Waals surface area (Å²) in [7, 11) is 0. The van der Waals surface area contributed by atoms with Crippen molar-refractivity contribution in [2.24, 2.45) is 5.73 Å². The predicted octanol–water partition coefficient (Wildman–Crippen LogP) is -0.786. The Bertz CT molecular complexity index is 460. The summed E-state index contributed by atoms with van der Waals surface area (Å²) in [5.41, 5.74) is 6.45. The fraction of sp³-hybridized carbons (Fsp3) is 0.385. The molecule has 1 rings (SSSR count). The lowest BCUT2D eigenvalue weighted by Gasteiger charge is -2.17. The number of aliphatic hydroxyl groups is 1. The van der Waals surface area contributed by atoms with Crippen molar-refractivity contribution in [2.45, 2.75) is 24.9 Å². The fourth-order valence-electron chi connectivity index (χ4n) is 1.64. The molecule has 0 aromatic heterocycles. The number of aliphatic hydroxyl groups excluding tert-OH is 1. The van der Waals surface area contributed by atoms with Crippen LogP contribution in [-0.2, 0) is 16.0 Å². The van der Waals surface area contributed by atoms with Crippen molar-refractivity contribution in [2.75, 3.05) is 6.61 Å². The SMILES string of the molecule is N[C@@H](Cc1ccc(O)cc1)C(=O)N[C@@H](CCO)C(=O)O. The van der Waals surface area contributed by atoms with E-state index in [1.54, 1.807) is 12.1 Å². The average Bonchev–Trinajstić information content (AvgIpc) is 2.40. The van der Waals surface area contributed by atoms with Gasteiger partial charge in [-0.05, 0) is 24.1 Å². The second-order valence-corrected chi connectivity index (χ2v) is 4.39. The van der Waals surface area contributed by atoms with Gasteiger partial charge in [-0.25, -0.2) is 4.79 Å². The van der Waals surface area contributed by atoms with Gasteiger partial charge in [0.1, 0.15) is 11.8 Å². The maximum Gasteiger partial charge on any atom is 0.326 e. The molecule has 0 saturated carbocycles. The number of carbonyl (C=O) groups is 2. The second-order valence-electron chi connectivity index (χ2n) is 4.39. The molecule has 0 aliphatic rings. The molecule has 0 aliphatic heterocycles. The van der Waals surface area contributed by atoms with E-state index in [1.165, 1.54) is 12.1 Å². The number of amides is 1. The number of nitrogens with two attached hydrogens (primary N) is 1. The van der Waals surface area contributed by atoms with Gasteiger partial charge in [-0.1, -0.05) is 12.1 Å². The van der Waals surface area contributed by atoms with Gasteiger partial charge in [-0.15, -0.1) is 0 Å². The molecule has 1 amide bonds. The summed E-state index contributed by atoms with van der Waals surface area (Å²) in [6.07, 6.45) is 0.143. The van der Waals surface area contributed by atoms with Crippen LogP contribution in [-0.4, -0.2) is 45.9 Å². The summed E-state index contributed by atoms with van der Waals surface area (Å²) in [6.45, 7) is -0.343. The van der Waals surface area contributed by atoms with E-state index in [4.69, 9.17) is 21.1 Å². The zero-order chi connectivity index (χ0) is 15.1. The van der Waals surface area contributed by atoms with Gasteiger partial charge in [0.2, 0.25) is 5.91 Å². The number of carboxylic acid groups (broad SMARTS) is 1. The molecule has 0 aliphatic carbocycles. The van der Waals surface area contributed by atoms with E-state index in [2.05, 4.69) is 5.32 Å². The van der Waals surface area contributed by atoms with Gasteiger partial charge in [0.15, 0.2) is 0 Å². The summed E-state index contributed by atoms with van der Waals surface area (Å²) < 4.78 is 0. The molecule has 1 aromatic carbocycles. The summed E-state index contributed by atoms with van der Waals surface area (Å²) in [4.78, 5) is 22.6. The van der Waals surface area contributed by atoms with E-state index in [9.17, 15) is 9.59 Å². The van der Waals surface area contributed by atoms with Crippen LogP contribution in [0.15, 0.2) is 24.3 Å². The lowest BCUT2D eigenvalue weighted by Crippen LogP contribution is -2.49. The normalized spacial score (nSPS) is 13.5. The number of carboxylic acids is 1. The molecule has 0 heterocycles. The number of phenols is 1. The second kappa shape index (κ2) is 7.46. The number of hydrogen-bond acceptors (Lipinski definition) is 5. The maximum atomic E-state index is 11.8. The van der Waals surface area contributed by atoms with Gasteiger partial charge >= 0.3 is 5.97 Å². The summed E-state index contributed by atoms with van der Waals surface area (Å²) in [5.74, 6) is -1.70. The number of aromatic hydroxyl groups is 1. The van der Waals surface area contributed by atoms with Gasteiger partial charge in [0, 0.05) is 13.0 Å². The van der Waals surface area contributed by atoms with Gasteiger partial charge in [-0.2, -0.15) is 0 Å². The smallest absolute Gasteiger partial charge is 0.326 e. The molecular weight excluding hydrogens is 264 g/mol. The van der Waals surface area contributed by atoms with Crippen LogP contribution >= 0.6 is 0 Å². The Morgan fingerprint density at radius 3 is 2.35 bits per heavy atom. The molecule has 0 saturated heterocycles. The van der Waals surface area contributed by atoms with Crippen LogP contribution in [0.25, 0.3) is 0 Å². The fourth-order valence-corrected chi connectivity index (χ4v) is 1.64. The highest BCUT2D eigenvalue weighted by molar-refractivity contribution is 5.86. The minimum Gasteiger partial charge on any atom is -0.508 e. The number of nitrogens with one attached hydrogen (secondary N) is 1. The Kier molecular flexibility index (Phi) is 5.95. The quantitative estimate of drug-likeness (QED) is 0.445. The van der Waals surface area contributed by atoms with E-state index in [0.29, 0.717) is 0 Å².